The molecule has 4 aromatic rings. The zero-order valence-electron chi connectivity index (χ0n) is 15.9. The van der Waals surface area contributed by atoms with Gasteiger partial charge < -0.3 is 4.57 Å². The molecule has 0 atom stereocenters. The zero-order valence-corrected chi connectivity index (χ0v) is 16.7. The fourth-order valence-corrected chi connectivity index (χ4v) is 4.69. The average molecular weight is 385 g/mol. The van der Waals surface area contributed by atoms with Gasteiger partial charge in [0.1, 0.15) is 0 Å². The lowest BCUT2D eigenvalue weighted by atomic mass is 10.0. The first-order valence-corrected chi connectivity index (χ1v) is 9.96. The van der Waals surface area contributed by atoms with Gasteiger partial charge in [0.05, 0.1) is 23.2 Å². The van der Waals surface area contributed by atoms with Gasteiger partial charge in [-0.25, -0.2) is 0 Å². The molecule has 0 saturated heterocycles. The maximum atomic E-state index is 12.8. The van der Waals surface area contributed by atoms with Gasteiger partial charge in [-0.05, 0) is 47.4 Å². The number of fused-ring (bicyclic) bond motifs is 2. The van der Waals surface area contributed by atoms with Crippen LogP contribution in [0.4, 0.5) is 0 Å². The number of rotatable bonds is 3. The third-order valence-electron chi connectivity index (χ3n) is 4.81. The van der Waals surface area contributed by atoms with Crippen molar-refractivity contribution in [2.24, 2.45) is 4.99 Å². The number of aromatic nitrogens is 1. The van der Waals surface area contributed by atoms with Crippen LogP contribution in [0.5, 0.6) is 0 Å². The predicted molar refractivity (Wildman–Crippen MR) is 116 cm³/mol. The maximum absolute atomic E-state index is 12.8. The molecule has 0 aliphatic carbocycles. The van der Waals surface area contributed by atoms with Crippen LogP contribution in [-0.4, -0.2) is 10.5 Å². The largest absolute Gasteiger partial charge is 0.305 e. The van der Waals surface area contributed by atoms with Crippen LogP contribution in [0.1, 0.15) is 16.7 Å². The fraction of sp³-hybridized carbons (Fsp3) is 0.167. The summed E-state index contributed by atoms with van der Waals surface area (Å²) in [6, 6.07) is 18.4. The Bertz CT molecular complexity index is 1310. The molecule has 0 bridgehead atoms. The smallest absolute Gasteiger partial charge is 0.252 e. The summed E-state index contributed by atoms with van der Waals surface area (Å²) in [6.45, 7) is 4.53. The van der Waals surface area contributed by atoms with Crippen molar-refractivity contribution in [2.75, 3.05) is 0 Å². The molecule has 1 heterocycles. The predicted octanol–water partition coefficient (Wildman–Crippen LogP) is 4.78. The highest BCUT2D eigenvalue weighted by Gasteiger charge is 2.11. The number of carbonyl (C=O) groups is 1. The second-order valence-corrected chi connectivity index (χ2v) is 7.90. The minimum absolute atomic E-state index is 0.164. The molecule has 0 fully saturated rings. The molecule has 0 saturated carbocycles. The van der Waals surface area contributed by atoms with Crippen molar-refractivity contribution in [3.8, 4) is 12.3 Å². The van der Waals surface area contributed by atoms with Crippen molar-refractivity contribution in [1.29, 1.82) is 0 Å². The van der Waals surface area contributed by atoms with Crippen LogP contribution in [-0.2, 0) is 17.8 Å². The lowest BCUT2D eigenvalue weighted by Gasteiger charge is -2.04. The van der Waals surface area contributed by atoms with E-state index in [-0.39, 0.29) is 12.3 Å². The van der Waals surface area contributed by atoms with Crippen molar-refractivity contribution >= 4 is 38.2 Å². The quantitative estimate of drug-likeness (QED) is 0.468. The Morgan fingerprint density at radius 3 is 2.75 bits per heavy atom. The Morgan fingerprint density at radius 1 is 1.14 bits per heavy atom. The number of benzene rings is 3. The van der Waals surface area contributed by atoms with Crippen molar-refractivity contribution in [3.05, 3.63) is 76.1 Å². The molecule has 4 rings (SSSR count). The first kappa shape index (κ1) is 18.2. The molecule has 1 amide bonds. The van der Waals surface area contributed by atoms with Gasteiger partial charge in [-0.3, -0.25) is 4.79 Å². The first-order chi connectivity index (χ1) is 13.6. The minimum atomic E-state index is -0.164. The number of hydrogen-bond acceptors (Lipinski definition) is 2. The summed E-state index contributed by atoms with van der Waals surface area (Å²) in [5.41, 5.74) is 4.37. The Morgan fingerprint density at radius 2 is 1.93 bits per heavy atom. The van der Waals surface area contributed by atoms with E-state index in [0.717, 1.165) is 26.6 Å². The van der Waals surface area contributed by atoms with Gasteiger partial charge in [0, 0.05) is 0 Å². The molecule has 0 unspecified atom stereocenters. The third kappa shape index (κ3) is 3.37. The standard InChI is InChI=1S/C24H20N2OS/c1-4-12-26-21-14-16(2)13-17(3)23(21)28-24(26)25-22(27)15-19-10-7-9-18-8-5-6-11-20(18)19/h1,5-11,13-14H,12,15H2,2-3H3. The van der Waals surface area contributed by atoms with Crippen LogP contribution >= 0.6 is 11.3 Å². The second kappa shape index (κ2) is 7.46. The Balaban J connectivity index is 1.79. The van der Waals surface area contributed by atoms with E-state index in [4.69, 9.17) is 6.42 Å². The van der Waals surface area contributed by atoms with Gasteiger partial charge in [0.2, 0.25) is 0 Å². The van der Waals surface area contributed by atoms with E-state index in [1.165, 1.54) is 22.5 Å². The van der Waals surface area contributed by atoms with Crippen LogP contribution in [0, 0.1) is 26.2 Å². The summed E-state index contributed by atoms with van der Waals surface area (Å²) >= 11 is 1.52. The minimum Gasteiger partial charge on any atom is -0.305 e. The van der Waals surface area contributed by atoms with E-state index in [0.29, 0.717) is 11.3 Å². The summed E-state index contributed by atoms with van der Waals surface area (Å²) in [4.78, 5) is 17.9. The topological polar surface area (TPSA) is 34.4 Å². The molecule has 138 valence electrons. The van der Waals surface area contributed by atoms with Gasteiger partial charge in [-0.15, -0.1) is 6.42 Å². The molecule has 3 nitrogen and oxygen atoms in total. The van der Waals surface area contributed by atoms with Crippen LogP contribution in [0.2, 0.25) is 0 Å². The van der Waals surface area contributed by atoms with Gasteiger partial charge >= 0.3 is 0 Å². The van der Waals surface area contributed by atoms with Crippen molar-refractivity contribution in [2.45, 2.75) is 26.8 Å². The van der Waals surface area contributed by atoms with Gasteiger partial charge in [0.25, 0.3) is 5.91 Å². The second-order valence-electron chi connectivity index (χ2n) is 6.93. The lowest BCUT2D eigenvalue weighted by molar-refractivity contribution is -0.117. The van der Waals surface area contributed by atoms with E-state index in [9.17, 15) is 4.79 Å². The van der Waals surface area contributed by atoms with Crippen LogP contribution < -0.4 is 4.80 Å². The summed E-state index contributed by atoms with van der Waals surface area (Å²) < 4.78 is 3.08. The van der Waals surface area contributed by atoms with E-state index in [1.54, 1.807) is 0 Å². The number of terminal acetylenes is 1. The van der Waals surface area contributed by atoms with Gasteiger partial charge in [0.15, 0.2) is 4.80 Å². The highest BCUT2D eigenvalue weighted by Crippen LogP contribution is 2.24. The summed E-state index contributed by atoms with van der Waals surface area (Å²) in [5, 5.41) is 2.22. The fourth-order valence-electron chi connectivity index (χ4n) is 3.60. The molecule has 0 aliphatic rings. The van der Waals surface area contributed by atoms with Crippen LogP contribution in [0.3, 0.4) is 0 Å². The number of carbonyl (C=O) groups excluding carboxylic acids is 1. The third-order valence-corrected chi connectivity index (χ3v) is 6.04. The lowest BCUT2D eigenvalue weighted by Crippen LogP contribution is -2.17. The van der Waals surface area contributed by atoms with E-state index in [1.807, 2.05) is 34.9 Å². The Kier molecular flexibility index (Phi) is 4.85. The number of amides is 1. The SMILES string of the molecule is C#CCn1c(=NC(=O)Cc2cccc3ccccc23)sc2c(C)cc(C)cc21. The van der Waals surface area contributed by atoms with Crippen molar-refractivity contribution in [1.82, 2.24) is 4.57 Å². The number of thiazole rings is 1. The number of aryl methyl sites for hydroxylation is 2. The van der Waals surface area contributed by atoms with E-state index >= 15 is 0 Å². The summed E-state index contributed by atoms with van der Waals surface area (Å²) in [6.07, 6.45) is 5.85. The number of nitrogens with zero attached hydrogens (tertiary/aromatic N) is 2. The Labute approximate surface area is 168 Å². The normalized spacial score (nSPS) is 11.8. The molecule has 3 aromatic carbocycles. The highest BCUT2D eigenvalue weighted by molar-refractivity contribution is 7.16. The average Bonchev–Trinajstić information content (AvgIpc) is 3.00. The first-order valence-electron chi connectivity index (χ1n) is 9.15. The van der Waals surface area contributed by atoms with Crippen LogP contribution in [0.25, 0.3) is 21.0 Å². The molecule has 4 heteroatoms. The highest BCUT2D eigenvalue weighted by atomic mass is 32.1. The maximum Gasteiger partial charge on any atom is 0.252 e. The molecule has 1 aromatic heterocycles. The van der Waals surface area contributed by atoms with E-state index < -0.39 is 0 Å². The monoisotopic (exact) mass is 384 g/mol. The Hall–Kier alpha value is -3.16. The number of hydrogen-bond donors (Lipinski definition) is 0. The molecule has 0 spiro atoms. The molecule has 28 heavy (non-hydrogen) atoms. The molecular weight excluding hydrogens is 364 g/mol. The molecular formula is C24H20N2OS. The van der Waals surface area contributed by atoms with Gasteiger partial charge in [-0.1, -0.05) is 65.8 Å². The molecule has 0 radical (unpaired) electrons. The van der Waals surface area contributed by atoms with Crippen molar-refractivity contribution in [3.63, 3.8) is 0 Å². The van der Waals surface area contributed by atoms with Crippen LogP contribution in [0.15, 0.2) is 59.6 Å². The molecule has 0 N–H and O–H groups in total. The van der Waals surface area contributed by atoms with E-state index in [2.05, 4.69) is 49.0 Å². The van der Waals surface area contributed by atoms with Gasteiger partial charge in [-0.2, -0.15) is 4.99 Å². The summed E-state index contributed by atoms with van der Waals surface area (Å²) in [5.74, 6) is 2.52. The summed E-state index contributed by atoms with van der Waals surface area (Å²) in [7, 11) is 0. The molecule has 0 aliphatic heterocycles. The zero-order chi connectivity index (χ0) is 19.7. The van der Waals surface area contributed by atoms with Crippen molar-refractivity contribution < 1.29 is 4.79 Å².